The van der Waals surface area contributed by atoms with E-state index in [-0.39, 0.29) is 5.69 Å². The van der Waals surface area contributed by atoms with Gasteiger partial charge in [-0.05, 0) is 19.1 Å². The number of nitrogens with one attached hydrogen (secondary N) is 2. The number of carbonyl (C=O) groups excluding carboxylic acids is 1. The fourth-order valence-corrected chi connectivity index (χ4v) is 1.54. The Morgan fingerprint density at radius 2 is 2.16 bits per heavy atom. The highest BCUT2D eigenvalue weighted by molar-refractivity contribution is 6.33. The molecule has 6 nitrogen and oxygen atoms in total. The van der Waals surface area contributed by atoms with Crippen molar-refractivity contribution in [2.24, 2.45) is 0 Å². The van der Waals surface area contributed by atoms with Gasteiger partial charge in [0.05, 0.1) is 17.4 Å². The number of rotatable bonds is 4. The van der Waals surface area contributed by atoms with Crippen molar-refractivity contribution < 1.29 is 4.79 Å². The fraction of sp³-hybridized carbons (Fsp3) is 0.167. The molecule has 0 aliphatic heterocycles. The molecule has 0 atom stereocenters. The summed E-state index contributed by atoms with van der Waals surface area (Å²) < 4.78 is 0. The molecule has 0 saturated heterocycles. The standard InChI is InChI=1S/C12H12ClN5O/c1-2-14-10-7-16-9(6-17-10)12(19)18-11-8(13)4-3-5-15-11/h3-7H,2H2,1H3,(H,14,17)(H,15,18,19). The number of nitrogens with zero attached hydrogens (tertiary/aromatic N) is 3. The average Bonchev–Trinajstić information content (AvgIpc) is 2.42. The molecule has 0 unspecified atom stereocenters. The van der Waals surface area contributed by atoms with Crippen LogP contribution >= 0.6 is 11.6 Å². The first kappa shape index (κ1) is 13.2. The van der Waals surface area contributed by atoms with Gasteiger partial charge in [-0.1, -0.05) is 11.6 Å². The Labute approximate surface area is 115 Å². The maximum Gasteiger partial charge on any atom is 0.277 e. The third-order valence-corrected chi connectivity index (χ3v) is 2.54. The van der Waals surface area contributed by atoms with E-state index in [0.29, 0.717) is 16.7 Å². The lowest BCUT2D eigenvalue weighted by Crippen LogP contribution is -2.15. The number of hydrogen-bond acceptors (Lipinski definition) is 5. The zero-order chi connectivity index (χ0) is 13.7. The molecule has 2 heterocycles. The van der Waals surface area contributed by atoms with Crippen molar-refractivity contribution in [2.45, 2.75) is 6.92 Å². The molecule has 0 aliphatic rings. The summed E-state index contributed by atoms with van der Waals surface area (Å²) in [6.07, 6.45) is 4.43. The minimum Gasteiger partial charge on any atom is -0.369 e. The van der Waals surface area contributed by atoms with Gasteiger partial charge in [-0.2, -0.15) is 0 Å². The molecule has 2 aromatic heterocycles. The topological polar surface area (TPSA) is 79.8 Å². The number of carbonyl (C=O) groups is 1. The van der Waals surface area contributed by atoms with Crippen molar-refractivity contribution in [3.8, 4) is 0 Å². The fourth-order valence-electron chi connectivity index (χ4n) is 1.37. The normalized spacial score (nSPS) is 10.0. The van der Waals surface area contributed by atoms with Crippen LogP contribution in [0.15, 0.2) is 30.7 Å². The molecule has 0 saturated carbocycles. The molecule has 2 N–H and O–H groups in total. The van der Waals surface area contributed by atoms with Crippen molar-refractivity contribution >= 4 is 29.1 Å². The zero-order valence-corrected chi connectivity index (χ0v) is 11.0. The SMILES string of the molecule is CCNc1cnc(C(=O)Nc2ncccc2Cl)cn1. The average molecular weight is 278 g/mol. The van der Waals surface area contributed by atoms with Crippen LogP contribution in [0.2, 0.25) is 5.02 Å². The van der Waals surface area contributed by atoms with Crippen LogP contribution in [0.4, 0.5) is 11.6 Å². The van der Waals surface area contributed by atoms with Gasteiger partial charge in [0.15, 0.2) is 5.82 Å². The summed E-state index contributed by atoms with van der Waals surface area (Å²) in [7, 11) is 0. The number of pyridine rings is 1. The van der Waals surface area contributed by atoms with E-state index in [1.807, 2.05) is 6.92 Å². The van der Waals surface area contributed by atoms with Crippen molar-refractivity contribution in [3.63, 3.8) is 0 Å². The van der Waals surface area contributed by atoms with Crippen LogP contribution in [0.25, 0.3) is 0 Å². The van der Waals surface area contributed by atoms with Crippen LogP contribution in [-0.4, -0.2) is 27.4 Å². The van der Waals surface area contributed by atoms with Crippen LogP contribution in [0.5, 0.6) is 0 Å². The molecule has 0 spiro atoms. The van der Waals surface area contributed by atoms with E-state index in [2.05, 4.69) is 25.6 Å². The smallest absolute Gasteiger partial charge is 0.277 e. The van der Waals surface area contributed by atoms with Gasteiger partial charge in [-0.3, -0.25) is 4.79 Å². The van der Waals surface area contributed by atoms with Gasteiger partial charge >= 0.3 is 0 Å². The Bertz CT molecular complexity index is 573. The second-order valence-electron chi connectivity index (χ2n) is 3.61. The summed E-state index contributed by atoms with van der Waals surface area (Å²) in [6.45, 7) is 2.69. The van der Waals surface area contributed by atoms with Gasteiger partial charge in [0.2, 0.25) is 0 Å². The molecule has 7 heteroatoms. The number of hydrogen-bond donors (Lipinski definition) is 2. The van der Waals surface area contributed by atoms with E-state index in [0.717, 1.165) is 6.54 Å². The van der Waals surface area contributed by atoms with Gasteiger partial charge < -0.3 is 10.6 Å². The Kier molecular flexibility index (Phi) is 4.25. The van der Waals surface area contributed by atoms with E-state index in [4.69, 9.17) is 11.6 Å². The molecule has 0 aliphatic carbocycles. The molecule has 2 aromatic rings. The molecule has 1 amide bonds. The molecular weight excluding hydrogens is 266 g/mol. The molecule has 0 aromatic carbocycles. The number of aromatic nitrogens is 3. The Balaban J connectivity index is 2.10. The minimum absolute atomic E-state index is 0.198. The van der Waals surface area contributed by atoms with Gasteiger partial charge in [0.1, 0.15) is 11.5 Å². The van der Waals surface area contributed by atoms with E-state index in [9.17, 15) is 4.79 Å². The largest absolute Gasteiger partial charge is 0.369 e. The van der Waals surface area contributed by atoms with Gasteiger partial charge in [-0.25, -0.2) is 15.0 Å². The van der Waals surface area contributed by atoms with Crippen LogP contribution in [0, 0.1) is 0 Å². The van der Waals surface area contributed by atoms with Crippen molar-refractivity contribution in [1.82, 2.24) is 15.0 Å². The predicted octanol–water partition coefficient (Wildman–Crippen LogP) is 2.21. The van der Waals surface area contributed by atoms with Crippen molar-refractivity contribution in [2.75, 3.05) is 17.2 Å². The monoisotopic (exact) mass is 277 g/mol. The molecule has 0 fully saturated rings. The second kappa shape index (κ2) is 6.10. The van der Waals surface area contributed by atoms with Gasteiger partial charge in [-0.15, -0.1) is 0 Å². The Morgan fingerprint density at radius 1 is 1.32 bits per heavy atom. The molecular formula is C12H12ClN5O. The van der Waals surface area contributed by atoms with Crippen LogP contribution in [-0.2, 0) is 0 Å². The molecule has 0 radical (unpaired) electrons. The van der Waals surface area contributed by atoms with E-state index in [1.54, 1.807) is 18.3 Å². The van der Waals surface area contributed by atoms with Gasteiger partial charge in [0, 0.05) is 12.7 Å². The van der Waals surface area contributed by atoms with Crippen LogP contribution < -0.4 is 10.6 Å². The quantitative estimate of drug-likeness (QED) is 0.896. The van der Waals surface area contributed by atoms with Crippen molar-refractivity contribution in [3.05, 3.63) is 41.4 Å². The minimum atomic E-state index is -0.406. The maximum atomic E-state index is 11.9. The summed E-state index contributed by atoms with van der Waals surface area (Å²) in [5.41, 5.74) is 0.198. The summed E-state index contributed by atoms with van der Waals surface area (Å²) in [5.74, 6) is 0.512. The molecule has 19 heavy (non-hydrogen) atoms. The third kappa shape index (κ3) is 3.38. The Hall–Kier alpha value is -2.21. The first-order valence-electron chi connectivity index (χ1n) is 5.68. The highest BCUT2D eigenvalue weighted by atomic mass is 35.5. The summed E-state index contributed by atoms with van der Waals surface area (Å²) in [6, 6.07) is 3.33. The van der Waals surface area contributed by atoms with E-state index >= 15 is 0 Å². The van der Waals surface area contributed by atoms with E-state index in [1.165, 1.54) is 12.4 Å². The van der Waals surface area contributed by atoms with Gasteiger partial charge in [0.25, 0.3) is 5.91 Å². The van der Waals surface area contributed by atoms with Crippen molar-refractivity contribution in [1.29, 1.82) is 0 Å². The lowest BCUT2D eigenvalue weighted by Gasteiger charge is -2.06. The first-order valence-corrected chi connectivity index (χ1v) is 6.06. The van der Waals surface area contributed by atoms with E-state index < -0.39 is 5.91 Å². The predicted molar refractivity (Wildman–Crippen MR) is 73.4 cm³/mol. The summed E-state index contributed by atoms with van der Waals surface area (Å²) >= 11 is 5.90. The first-order chi connectivity index (χ1) is 9.20. The molecule has 0 bridgehead atoms. The molecule has 2 rings (SSSR count). The molecule has 98 valence electrons. The summed E-state index contributed by atoms with van der Waals surface area (Å²) in [4.78, 5) is 24.0. The second-order valence-corrected chi connectivity index (χ2v) is 4.01. The maximum absolute atomic E-state index is 11.9. The number of anilines is 2. The zero-order valence-electron chi connectivity index (χ0n) is 10.2. The Morgan fingerprint density at radius 3 is 2.79 bits per heavy atom. The van der Waals surface area contributed by atoms with Crippen LogP contribution in [0.1, 0.15) is 17.4 Å². The lowest BCUT2D eigenvalue weighted by atomic mass is 10.4. The highest BCUT2D eigenvalue weighted by Gasteiger charge is 2.10. The summed E-state index contributed by atoms with van der Waals surface area (Å²) in [5, 5.41) is 5.94. The lowest BCUT2D eigenvalue weighted by molar-refractivity contribution is 0.102. The highest BCUT2D eigenvalue weighted by Crippen LogP contribution is 2.17. The third-order valence-electron chi connectivity index (χ3n) is 2.23. The number of halogens is 1. The van der Waals surface area contributed by atoms with Crippen LogP contribution in [0.3, 0.4) is 0 Å². The number of amides is 1.